The first-order valence-electron chi connectivity index (χ1n) is 25.7. The topological polar surface area (TPSA) is 50.9 Å². The normalized spacial score (nSPS) is 13.3. The Morgan fingerprint density at radius 1 is 0.449 bits per heavy atom. The van der Waals surface area contributed by atoms with Crippen LogP contribution < -0.4 is 0 Å². The molecule has 0 unspecified atom stereocenters. The molecule has 2 heterocycles. The molecule has 0 aliphatic rings. The van der Waals surface area contributed by atoms with Gasteiger partial charge < -0.3 is 5.11 Å². The minimum atomic E-state index is -2.27. The van der Waals surface area contributed by atoms with Crippen LogP contribution in [-0.2, 0) is 21.7 Å². The molecule has 69 heavy (non-hydrogen) atoms. The van der Waals surface area contributed by atoms with E-state index in [0.717, 1.165) is 83.6 Å². The smallest absolute Gasteiger partial charge is 0.149 e. The molecule has 2 aromatic heterocycles. The molecule has 0 saturated carbocycles. The predicted octanol–water partition coefficient (Wildman–Crippen LogP) is 17.6. The van der Waals surface area contributed by atoms with Gasteiger partial charge >= 0.3 is 0 Å². The maximum Gasteiger partial charge on any atom is 0.149 e. The average molecular weight is 909 g/mol. The van der Waals surface area contributed by atoms with E-state index >= 15 is 0 Å². The summed E-state index contributed by atoms with van der Waals surface area (Å²) in [6.07, 6.45) is 1.84. The Balaban J connectivity index is 1.31. The Bertz CT molecular complexity index is 3480. The second-order valence-corrected chi connectivity index (χ2v) is 22.8. The highest BCUT2D eigenvalue weighted by molar-refractivity contribution is 5.98. The molecular weight excluding hydrogens is 839 g/mol. The summed E-state index contributed by atoms with van der Waals surface area (Å²) in [5, 5.41) is 12.6. The Kier molecular flexibility index (Phi) is 11.0. The number of benzene rings is 7. The van der Waals surface area contributed by atoms with Gasteiger partial charge in [0, 0.05) is 32.6 Å². The zero-order chi connectivity index (χ0) is 51.7. The fraction of sp³-hybridized carbons (Fsp3) is 0.262. The molecule has 7 aromatic carbocycles. The van der Waals surface area contributed by atoms with Gasteiger partial charge in [-0.3, -0.25) is 9.55 Å². The van der Waals surface area contributed by atoms with Crippen LogP contribution in [-0.4, -0.2) is 19.6 Å². The molecule has 0 radical (unpaired) electrons. The molecule has 0 spiro atoms. The molecule has 0 saturated heterocycles. The fourth-order valence-electron chi connectivity index (χ4n) is 9.33. The molecule has 0 aliphatic heterocycles. The Hall–Kier alpha value is -7.04. The number of imidazole rings is 1. The lowest BCUT2D eigenvalue weighted by molar-refractivity contribution is 0.446. The minimum Gasteiger partial charge on any atom is -0.507 e. The molecule has 348 valence electrons. The van der Waals surface area contributed by atoms with E-state index in [1.54, 1.807) is 6.07 Å². The Morgan fingerprint density at radius 2 is 1.06 bits per heavy atom. The maximum atomic E-state index is 12.6. The lowest BCUT2D eigenvalue weighted by Crippen LogP contribution is -2.17. The number of pyridine rings is 1. The number of phenolic OH excluding ortho intramolecular Hbond substituents is 1. The average Bonchev–Trinajstić information content (AvgIpc) is 3.72. The van der Waals surface area contributed by atoms with Crippen LogP contribution in [0.25, 0.3) is 83.9 Å². The highest BCUT2D eigenvalue weighted by Crippen LogP contribution is 2.46. The van der Waals surface area contributed by atoms with E-state index in [1.807, 2.05) is 54.7 Å². The molecule has 0 amide bonds. The van der Waals surface area contributed by atoms with Crippen molar-refractivity contribution >= 4 is 11.0 Å². The summed E-state index contributed by atoms with van der Waals surface area (Å²) in [4.78, 5) is 10.7. The van der Waals surface area contributed by atoms with Gasteiger partial charge in [0.2, 0.25) is 0 Å². The lowest BCUT2D eigenvalue weighted by Gasteiger charge is -2.28. The monoisotopic (exact) mass is 909 g/mol. The number of phenols is 1. The minimum absolute atomic E-state index is 0.102. The molecule has 0 aliphatic carbocycles. The number of fused-ring (bicyclic) bond motifs is 1. The maximum absolute atomic E-state index is 12.6. The molecule has 0 fully saturated rings. The van der Waals surface area contributed by atoms with E-state index in [2.05, 4.69) is 191 Å². The lowest BCUT2D eigenvalue weighted by atomic mass is 9.79. The van der Waals surface area contributed by atoms with Crippen LogP contribution in [0.3, 0.4) is 0 Å². The molecule has 4 heteroatoms. The molecule has 4 nitrogen and oxygen atoms in total. The summed E-state index contributed by atoms with van der Waals surface area (Å²) >= 11 is 0. The fourth-order valence-corrected chi connectivity index (χ4v) is 9.33. The van der Waals surface area contributed by atoms with Crippen LogP contribution in [0.4, 0.5) is 0 Å². The van der Waals surface area contributed by atoms with E-state index in [0.29, 0.717) is 22.5 Å². The Morgan fingerprint density at radius 3 is 1.70 bits per heavy atom. The molecule has 0 bridgehead atoms. The highest BCUT2D eigenvalue weighted by atomic mass is 16.3. The van der Waals surface area contributed by atoms with Crippen molar-refractivity contribution in [2.45, 2.75) is 112 Å². The first-order chi connectivity index (χ1) is 33.8. The summed E-state index contributed by atoms with van der Waals surface area (Å²) in [6, 6.07) is 54.2. The molecule has 0 atom stereocenters. The first kappa shape index (κ1) is 43.3. The summed E-state index contributed by atoms with van der Waals surface area (Å²) in [7, 11) is 0. The molecule has 1 N–H and O–H groups in total. The van der Waals surface area contributed by atoms with E-state index in [4.69, 9.17) is 14.1 Å². The van der Waals surface area contributed by atoms with Crippen molar-refractivity contribution in [1.29, 1.82) is 0 Å². The second-order valence-electron chi connectivity index (χ2n) is 22.8. The third-order valence-electron chi connectivity index (χ3n) is 13.5. The van der Waals surface area contributed by atoms with E-state index < -0.39 is 6.85 Å². The van der Waals surface area contributed by atoms with Crippen molar-refractivity contribution in [3.05, 3.63) is 192 Å². The number of para-hydroxylation sites is 1. The molecule has 9 aromatic rings. The van der Waals surface area contributed by atoms with Crippen molar-refractivity contribution < 1.29 is 9.22 Å². The molecular formula is C65H67N3O. The van der Waals surface area contributed by atoms with Gasteiger partial charge in [0.25, 0.3) is 0 Å². The first-order valence-corrected chi connectivity index (χ1v) is 24.2. The van der Waals surface area contributed by atoms with E-state index in [9.17, 15) is 5.11 Å². The predicted molar refractivity (Wildman–Crippen MR) is 293 cm³/mol. The van der Waals surface area contributed by atoms with E-state index in [1.165, 1.54) is 5.56 Å². The van der Waals surface area contributed by atoms with Crippen molar-refractivity contribution in [3.63, 3.8) is 0 Å². The number of aromatic hydroxyl groups is 1. The number of aromatic nitrogens is 3. The van der Waals surface area contributed by atoms with Crippen LogP contribution in [0.1, 0.15) is 115 Å². The van der Waals surface area contributed by atoms with Gasteiger partial charge in [0.15, 0.2) is 0 Å². The quantitative estimate of drug-likeness (QED) is 0.173. The van der Waals surface area contributed by atoms with Crippen LogP contribution in [0.2, 0.25) is 0 Å². The summed E-state index contributed by atoms with van der Waals surface area (Å²) in [6.45, 7) is 24.3. The van der Waals surface area contributed by atoms with Crippen LogP contribution in [0.5, 0.6) is 5.75 Å². The zero-order valence-corrected chi connectivity index (χ0v) is 42.4. The van der Waals surface area contributed by atoms with Gasteiger partial charge in [-0.1, -0.05) is 186 Å². The largest absolute Gasteiger partial charge is 0.507 e. The number of nitrogens with zero attached hydrogens (tertiary/aromatic N) is 3. The van der Waals surface area contributed by atoms with Gasteiger partial charge in [-0.15, -0.1) is 0 Å². The highest BCUT2D eigenvalue weighted by Gasteiger charge is 2.30. The van der Waals surface area contributed by atoms with Crippen molar-refractivity contribution in [1.82, 2.24) is 14.5 Å². The van der Waals surface area contributed by atoms with Crippen molar-refractivity contribution in [2.24, 2.45) is 0 Å². The van der Waals surface area contributed by atoms with E-state index in [-0.39, 0.29) is 27.4 Å². The summed E-state index contributed by atoms with van der Waals surface area (Å²) in [5.74, 6) is 0.890. The standard InChI is InChI=1S/C65H67N3O/c1-41-27-28-44(36-52(41)42-21-16-14-17-22-42)45-31-32-66-56(37-45)47-33-46(34-49(35-47)63(5,6)7)51-25-20-26-58-59(51)67-61(54-39-50(64(8,9)10)40-55(60(54)69)65(11,12)13)68(58)57-30-29-48(62(2,3)4)38-53(57)43-23-18-15-19-24-43/h14-40,69H,1-13H3/i1D3. The van der Waals surface area contributed by atoms with Crippen molar-refractivity contribution in [2.75, 3.05) is 0 Å². The van der Waals surface area contributed by atoms with Crippen LogP contribution in [0, 0.1) is 6.85 Å². The third-order valence-corrected chi connectivity index (χ3v) is 13.5. The van der Waals surface area contributed by atoms with Gasteiger partial charge in [-0.2, -0.15) is 0 Å². The summed E-state index contributed by atoms with van der Waals surface area (Å²) < 4.78 is 27.3. The Labute approximate surface area is 415 Å². The number of aryl methyl sites for hydroxylation is 1. The zero-order valence-electron chi connectivity index (χ0n) is 45.4. The van der Waals surface area contributed by atoms with Gasteiger partial charge in [0.1, 0.15) is 11.6 Å². The summed E-state index contributed by atoms with van der Waals surface area (Å²) in [5.41, 5.74) is 16.4. The van der Waals surface area contributed by atoms with Crippen molar-refractivity contribution in [3.8, 4) is 78.6 Å². The number of hydrogen-bond acceptors (Lipinski definition) is 3. The van der Waals surface area contributed by atoms with Gasteiger partial charge in [-0.25, -0.2) is 4.98 Å². The second kappa shape index (κ2) is 17.5. The number of rotatable bonds is 7. The number of hydrogen-bond donors (Lipinski definition) is 1. The van der Waals surface area contributed by atoms with Gasteiger partial charge in [0.05, 0.1) is 28.0 Å². The van der Waals surface area contributed by atoms with Gasteiger partial charge in [-0.05, 0) is 139 Å². The van der Waals surface area contributed by atoms with Crippen LogP contribution >= 0.6 is 0 Å². The molecule has 9 rings (SSSR count). The third kappa shape index (κ3) is 9.30. The SMILES string of the molecule is [2H]C([2H])([2H])c1ccc(-c2ccnc(-c3cc(-c4cccc5c4nc(-c4cc(C(C)(C)C)cc(C(C)(C)C)c4O)n5-c4ccc(C(C)(C)C)cc4-c4ccccc4)cc(C(C)(C)C)c3)c2)cc1-c1ccccc1. The van der Waals surface area contributed by atoms with Crippen LogP contribution in [0.15, 0.2) is 164 Å².